The number of amides is 1. The number of benzene rings is 1. The van der Waals surface area contributed by atoms with Crippen LogP contribution in [0.2, 0.25) is 5.28 Å². The van der Waals surface area contributed by atoms with Gasteiger partial charge < -0.3 is 10.4 Å². The Bertz CT molecular complexity index is 816. The Hall–Kier alpha value is -2.31. The van der Waals surface area contributed by atoms with Gasteiger partial charge in [-0.25, -0.2) is 9.97 Å². The van der Waals surface area contributed by atoms with Gasteiger partial charge in [-0.3, -0.25) is 9.79 Å². The van der Waals surface area contributed by atoms with E-state index in [1.54, 1.807) is 25.4 Å². The van der Waals surface area contributed by atoms with Gasteiger partial charge in [0.2, 0.25) is 11.7 Å². The number of rotatable bonds is 7. The van der Waals surface area contributed by atoms with Crippen molar-refractivity contribution in [2.24, 2.45) is 10.9 Å². The summed E-state index contributed by atoms with van der Waals surface area (Å²) in [6.45, 7) is 13.9. The van der Waals surface area contributed by atoms with E-state index >= 15 is 0 Å². The number of carbonyl (C=O) groups is 1. The quantitative estimate of drug-likeness (QED) is 0.311. The average Bonchev–Trinajstić information content (AvgIpc) is 2.71. The summed E-state index contributed by atoms with van der Waals surface area (Å²) in [4.78, 5) is 22.8. The molecule has 7 heteroatoms. The fourth-order valence-corrected chi connectivity index (χ4v) is 3.05. The molecule has 0 spiro atoms. The van der Waals surface area contributed by atoms with E-state index in [0.29, 0.717) is 23.7 Å². The molecule has 1 amide bonds. The number of aryl methyl sites for hydroxylation is 1. The number of aromatic nitrogens is 2. The molecule has 2 aromatic rings. The van der Waals surface area contributed by atoms with Gasteiger partial charge >= 0.3 is 0 Å². The van der Waals surface area contributed by atoms with E-state index in [1.165, 1.54) is 0 Å². The molecule has 2 rings (SSSR count). The summed E-state index contributed by atoms with van der Waals surface area (Å²) in [5.41, 5.74) is 3.42. The van der Waals surface area contributed by atoms with Crippen LogP contribution >= 0.6 is 11.6 Å². The molecule has 172 valence electrons. The van der Waals surface area contributed by atoms with Crippen molar-refractivity contribution in [3.63, 3.8) is 0 Å². The highest BCUT2D eigenvalue weighted by Crippen LogP contribution is 2.25. The SMILES string of the molecule is CC.CCC(C)CC(C)(C)O.CN=Cc1c(C)nc(Cl)nc1-c1ccc(NC=O)cc1. The van der Waals surface area contributed by atoms with Crippen molar-refractivity contribution in [1.29, 1.82) is 0 Å². The molecule has 0 bridgehead atoms. The van der Waals surface area contributed by atoms with Crippen molar-refractivity contribution >= 4 is 29.9 Å². The lowest BCUT2D eigenvalue weighted by atomic mass is 9.93. The molecule has 0 radical (unpaired) electrons. The van der Waals surface area contributed by atoms with Crippen molar-refractivity contribution in [3.8, 4) is 11.3 Å². The molecule has 0 aliphatic heterocycles. The van der Waals surface area contributed by atoms with Crippen LogP contribution in [0.25, 0.3) is 11.3 Å². The fraction of sp³-hybridized carbons (Fsp3) is 0.500. The molecule has 0 aliphatic carbocycles. The number of hydrogen-bond donors (Lipinski definition) is 2. The first-order chi connectivity index (χ1) is 14.6. The maximum atomic E-state index is 10.4. The third-order valence-electron chi connectivity index (χ3n) is 4.30. The molecule has 2 N–H and O–H groups in total. The number of anilines is 1. The highest BCUT2D eigenvalue weighted by atomic mass is 35.5. The second kappa shape index (κ2) is 14.7. The van der Waals surface area contributed by atoms with Crippen LogP contribution in [0.4, 0.5) is 5.69 Å². The number of hydrogen-bond acceptors (Lipinski definition) is 5. The fourth-order valence-electron chi connectivity index (χ4n) is 2.84. The number of aliphatic hydroxyl groups is 1. The van der Waals surface area contributed by atoms with Crippen molar-refractivity contribution in [1.82, 2.24) is 9.97 Å². The number of carbonyl (C=O) groups excluding carboxylic acids is 1. The minimum atomic E-state index is -0.477. The molecule has 6 nitrogen and oxygen atoms in total. The van der Waals surface area contributed by atoms with Gasteiger partial charge in [0.05, 0.1) is 17.0 Å². The van der Waals surface area contributed by atoms with E-state index < -0.39 is 5.60 Å². The topological polar surface area (TPSA) is 87.5 Å². The van der Waals surface area contributed by atoms with Crippen LogP contribution < -0.4 is 5.32 Å². The highest BCUT2D eigenvalue weighted by Gasteiger charge is 2.15. The van der Waals surface area contributed by atoms with Crippen LogP contribution in [0.3, 0.4) is 0 Å². The largest absolute Gasteiger partial charge is 0.390 e. The molecule has 0 aliphatic rings. The van der Waals surface area contributed by atoms with Gasteiger partial charge in [-0.1, -0.05) is 46.2 Å². The number of nitrogens with one attached hydrogen (secondary N) is 1. The maximum absolute atomic E-state index is 10.4. The van der Waals surface area contributed by atoms with Crippen LogP contribution in [0.1, 0.15) is 65.6 Å². The summed E-state index contributed by atoms with van der Waals surface area (Å²) in [6.07, 6.45) is 4.40. The van der Waals surface area contributed by atoms with Gasteiger partial charge in [-0.15, -0.1) is 0 Å². The van der Waals surface area contributed by atoms with Crippen LogP contribution in [0.15, 0.2) is 29.3 Å². The van der Waals surface area contributed by atoms with E-state index in [4.69, 9.17) is 11.6 Å². The Kier molecular flexibility index (Phi) is 13.6. The molecule has 0 saturated carbocycles. The minimum absolute atomic E-state index is 0.195. The molecular weight excluding hydrogens is 412 g/mol. The lowest BCUT2D eigenvalue weighted by molar-refractivity contribution is -0.105. The van der Waals surface area contributed by atoms with E-state index in [-0.39, 0.29) is 5.28 Å². The van der Waals surface area contributed by atoms with Crippen LogP contribution in [-0.4, -0.2) is 40.3 Å². The third-order valence-corrected chi connectivity index (χ3v) is 4.47. The van der Waals surface area contributed by atoms with E-state index in [0.717, 1.165) is 29.7 Å². The van der Waals surface area contributed by atoms with E-state index in [1.807, 2.05) is 46.8 Å². The summed E-state index contributed by atoms with van der Waals surface area (Å²) in [6, 6.07) is 7.30. The first kappa shape index (κ1) is 28.7. The van der Waals surface area contributed by atoms with Gasteiger partial charge in [0.15, 0.2) is 0 Å². The molecule has 0 saturated heterocycles. The summed E-state index contributed by atoms with van der Waals surface area (Å²) >= 11 is 5.93. The second-order valence-electron chi connectivity index (χ2n) is 7.60. The van der Waals surface area contributed by atoms with Crippen LogP contribution in [-0.2, 0) is 4.79 Å². The minimum Gasteiger partial charge on any atom is -0.390 e. The van der Waals surface area contributed by atoms with Crippen molar-refractivity contribution in [3.05, 3.63) is 40.8 Å². The van der Waals surface area contributed by atoms with Gasteiger partial charge in [-0.05, 0) is 56.8 Å². The summed E-state index contributed by atoms with van der Waals surface area (Å²) in [7, 11) is 1.69. The number of nitrogens with zero attached hydrogens (tertiary/aromatic N) is 3. The molecular formula is C24H37ClN4O2. The molecule has 1 heterocycles. The zero-order valence-corrected chi connectivity index (χ0v) is 20.8. The standard InChI is InChI=1S/C14H13ClN4O.C8H18O.C2H6/c1-9-12(7-16-2)13(19-14(15)18-9)10-3-5-11(6-4-10)17-8-20;1-5-7(2)6-8(3,4)9;1-2/h3-8H,1-2H3,(H,17,20);7,9H,5-6H2,1-4H3;1-2H3. The molecule has 1 atom stereocenters. The Labute approximate surface area is 192 Å². The molecule has 31 heavy (non-hydrogen) atoms. The van der Waals surface area contributed by atoms with Gasteiger partial charge in [0.1, 0.15) is 0 Å². The predicted octanol–water partition coefficient (Wildman–Crippen LogP) is 5.94. The first-order valence-electron chi connectivity index (χ1n) is 10.6. The van der Waals surface area contributed by atoms with Crippen molar-refractivity contribution < 1.29 is 9.90 Å². The molecule has 1 unspecified atom stereocenters. The molecule has 1 aromatic carbocycles. The van der Waals surface area contributed by atoms with Gasteiger partial charge in [0, 0.05) is 30.1 Å². The van der Waals surface area contributed by atoms with E-state index in [9.17, 15) is 9.90 Å². The Morgan fingerprint density at radius 3 is 2.23 bits per heavy atom. The molecule has 1 aromatic heterocycles. The number of halogens is 1. The van der Waals surface area contributed by atoms with Crippen molar-refractivity contribution in [2.45, 2.75) is 66.9 Å². The monoisotopic (exact) mass is 448 g/mol. The van der Waals surface area contributed by atoms with Crippen LogP contribution in [0, 0.1) is 12.8 Å². The van der Waals surface area contributed by atoms with E-state index in [2.05, 4.69) is 34.1 Å². The Balaban J connectivity index is 0.000000692. The zero-order chi connectivity index (χ0) is 24.0. The highest BCUT2D eigenvalue weighted by molar-refractivity contribution is 6.28. The Morgan fingerprint density at radius 2 is 1.81 bits per heavy atom. The third kappa shape index (κ3) is 11.0. The van der Waals surface area contributed by atoms with Gasteiger partial charge in [-0.2, -0.15) is 0 Å². The summed E-state index contributed by atoms with van der Waals surface area (Å²) < 4.78 is 0. The lowest BCUT2D eigenvalue weighted by Crippen LogP contribution is -2.21. The lowest BCUT2D eigenvalue weighted by Gasteiger charge is -2.20. The Morgan fingerprint density at radius 1 is 1.23 bits per heavy atom. The number of aliphatic imine (C=N–C) groups is 1. The van der Waals surface area contributed by atoms with Gasteiger partial charge in [0.25, 0.3) is 0 Å². The predicted molar refractivity (Wildman–Crippen MR) is 132 cm³/mol. The summed E-state index contributed by atoms with van der Waals surface area (Å²) in [5, 5.41) is 12.1. The first-order valence-corrected chi connectivity index (χ1v) is 11.0. The zero-order valence-electron chi connectivity index (χ0n) is 20.0. The van der Waals surface area contributed by atoms with Crippen LogP contribution in [0.5, 0.6) is 0 Å². The molecule has 0 fully saturated rings. The average molecular weight is 449 g/mol. The summed E-state index contributed by atoms with van der Waals surface area (Å²) in [5.74, 6) is 0.644. The normalized spacial score (nSPS) is 11.7. The maximum Gasteiger partial charge on any atom is 0.223 e. The second-order valence-corrected chi connectivity index (χ2v) is 7.94. The smallest absolute Gasteiger partial charge is 0.223 e. The van der Waals surface area contributed by atoms with Crippen molar-refractivity contribution in [2.75, 3.05) is 12.4 Å².